The molecule has 24 heavy (non-hydrogen) atoms. The lowest BCUT2D eigenvalue weighted by molar-refractivity contribution is 0.104. The molecular formula is C19H15NO3S. The smallest absolute Gasteiger partial charge is 0.200 e. The third-order valence-corrected chi connectivity index (χ3v) is 5.17. The Kier molecular flexibility index (Phi) is 3.58. The number of rotatable bonds is 3. The Morgan fingerprint density at radius 3 is 2.58 bits per heavy atom. The zero-order valence-electron chi connectivity index (χ0n) is 13.3. The number of fused-ring (bicyclic) bond motifs is 2. The number of aromatic nitrogens is 1. The van der Waals surface area contributed by atoms with Crippen molar-refractivity contribution >= 4 is 34.5 Å². The Morgan fingerprint density at radius 1 is 1.04 bits per heavy atom. The number of carbonyl (C=O) groups excluding carboxylic acids is 1. The van der Waals surface area contributed by atoms with E-state index in [0.717, 1.165) is 38.4 Å². The van der Waals surface area contributed by atoms with Crippen LogP contribution in [0.25, 0.3) is 17.0 Å². The van der Waals surface area contributed by atoms with E-state index in [-0.39, 0.29) is 5.78 Å². The molecule has 0 fully saturated rings. The minimum absolute atomic E-state index is 0.0508. The first kappa shape index (κ1) is 14.9. The standard InChI is InChI=1S/C19H15NO3S/c1-22-12-4-6-16-15(8-12)11(10-20-16)7-18-19(21)14-5-3-13(23-2)9-17(14)24-18/h3-10,20H,1-2H3. The number of hydrogen-bond donors (Lipinski definition) is 1. The number of aromatic amines is 1. The van der Waals surface area contributed by atoms with Crippen LogP contribution in [0.2, 0.25) is 0 Å². The topological polar surface area (TPSA) is 51.3 Å². The Hall–Kier alpha value is -2.66. The number of hydrogen-bond acceptors (Lipinski definition) is 4. The van der Waals surface area contributed by atoms with Gasteiger partial charge in [0.25, 0.3) is 0 Å². The van der Waals surface area contributed by atoms with E-state index < -0.39 is 0 Å². The molecule has 0 atom stereocenters. The largest absolute Gasteiger partial charge is 0.497 e. The van der Waals surface area contributed by atoms with Crippen LogP contribution in [0.5, 0.6) is 11.5 Å². The number of nitrogens with one attached hydrogen (secondary N) is 1. The molecule has 4 nitrogen and oxygen atoms in total. The number of benzene rings is 2. The predicted molar refractivity (Wildman–Crippen MR) is 96.0 cm³/mol. The summed E-state index contributed by atoms with van der Waals surface area (Å²) in [5.41, 5.74) is 2.71. The van der Waals surface area contributed by atoms with E-state index in [1.807, 2.05) is 48.7 Å². The molecule has 0 amide bonds. The number of Topliss-reactive ketones (excluding diaryl/α,β-unsaturated/α-hetero) is 1. The van der Waals surface area contributed by atoms with E-state index in [0.29, 0.717) is 4.91 Å². The zero-order chi connectivity index (χ0) is 16.7. The summed E-state index contributed by atoms with van der Waals surface area (Å²) in [7, 11) is 3.27. The fraction of sp³-hybridized carbons (Fsp3) is 0.105. The minimum atomic E-state index is 0.0508. The lowest BCUT2D eigenvalue weighted by Gasteiger charge is -2.00. The van der Waals surface area contributed by atoms with Crippen LogP contribution in [0.4, 0.5) is 0 Å². The summed E-state index contributed by atoms with van der Waals surface area (Å²) in [4.78, 5) is 17.5. The van der Waals surface area contributed by atoms with Crippen molar-refractivity contribution in [1.29, 1.82) is 0 Å². The summed E-state index contributed by atoms with van der Waals surface area (Å²) >= 11 is 1.48. The van der Waals surface area contributed by atoms with Crippen molar-refractivity contribution in [1.82, 2.24) is 4.98 Å². The van der Waals surface area contributed by atoms with Gasteiger partial charge in [-0.3, -0.25) is 4.79 Å². The zero-order valence-corrected chi connectivity index (χ0v) is 14.1. The summed E-state index contributed by atoms with van der Waals surface area (Å²) in [5.74, 6) is 1.60. The molecule has 0 unspecified atom stereocenters. The second kappa shape index (κ2) is 5.76. The van der Waals surface area contributed by atoms with Crippen molar-refractivity contribution in [3.05, 3.63) is 58.6 Å². The maximum atomic E-state index is 12.6. The van der Waals surface area contributed by atoms with E-state index in [9.17, 15) is 4.79 Å². The molecular weight excluding hydrogens is 322 g/mol. The van der Waals surface area contributed by atoms with Gasteiger partial charge in [0, 0.05) is 33.1 Å². The molecule has 3 aromatic rings. The lowest BCUT2D eigenvalue weighted by Crippen LogP contribution is -1.94. The monoisotopic (exact) mass is 337 g/mol. The van der Waals surface area contributed by atoms with Gasteiger partial charge in [-0.2, -0.15) is 0 Å². The molecule has 2 heterocycles. The number of carbonyl (C=O) groups is 1. The van der Waals surface area contributed by atoms with Crippen LogP contribution >= 0.6 is 11.8 Å². The first-order valence-electron chi connectivity index (χ1n) is 7.47. The number of allylic oxidation sites excluding steroid dienone is 1. The Balaban J connectivity index is 1.76. The van der Waals surface area contributed by atoms with Crippen molar-refractivity contribution in [2.24, 2.45) is 0 Å². The number of H-pyrrole nitrogens is 1. The Bertz CT molecular complexity index is 987. The molecule has 2 aromatic carbocycles. The van der Waals surface area contributed by atoms with Gasteiger partial charge in [0.2, 0.25) is 5.78 Å². The van der Waals surface area contributed by atoms with Crippen LogP contribution in [0.1, 0.15) is 15.9 Å². The SMILES string of the molecule is COc1ccc2c(c1)SC(=Cc1c[nH]c3ccc(OC)cc13)C2=O. The molecule has 0 spiro atoms. The minimum Gasteiger partial charge on any atom is -0.497 e. The average molecular weight is 337 g/mol. The first-order valence-corrected chi connectivity index (χ1v) is 8.28. The normalized spacial score (nSPS) is 15.1. The molecule has 0 aliphatic carbocycles. The molecule has 4 rings (SSSR count). The maximum absolute atomic E-state index is 12.6. The summed E-state index contributed by atoms with van der Waals surface area (Å²) in [6.07, 6.45) is 3.84. The highest BCUT2D eigenvalue weighted by Crippen LogP contribution is 2.43. The molecule has 5 heteroatoms. The van der Waals surface area contributed by atoms with Crippen LogP contribution < -0.4 is 9.47 Å². The third-order valence-electron chi connectivity index (χ3n) is 4.08. The highest BCUT2D eigenvalue weighted by molar-refractivity contribution is 8.04. The molecule has 1 aliphatic rings. The Morgan fingerprint density at radius 2 is 1.79 bits per heavy atom. The van der Waals surface area contributed by atoms with Gasteiger partial charge in [-0.15, -0.1) is 0 Å². The number of methoxy groups -OCH3 is 2. The van der Waals surface area contributed by atoms with Gasteiger partial charge in [0.15, 0.2) is 0 Å². The highest BCUT2D eigenvalue weighted by Gasteiger charge is 2.26. The van der Waals surface area contributed by atoms with E-state index in [1.54, 1.807) is 14.2 Å². The van der Waals surface area contributed by atoms with Gasteiger partial charge in [-0.25, -0.2) is 0 Å². The van der Waals surface area contributed by atoms with E-state index in [2.05, 4.69) is 4.98 Å². The number of thioether (sulfide) groups is 1. The van der Waals surface area contributed by atoms with Crippen molar-refractivity contribution < 1.29 is 14.3 Å². The van der Waals surface area contributed by atoms with Crippen molar-refractivity contribution in [2.45, 2.75) is 4.90 Å². The van der Waals surface area contributed by atoms with Crippen LogP contribution in [0.3, 0.4) is 0 Å². The summed E-state index contributed by atoms with van der Waals surface area (Å²) < 4.78 is 10.5. The van der Waals surface area contributed by atoms with Gasteiger partial charge in [0.1, 0.15) is 11.5 Å². The van der Waals surface area contributed by atoms with Crippen molar-refractivity contribution in [3.8, 4) is 11.5 Å². The van der Waals surface area contributed by atoms with Gasteiger partial charge >= 0.3 is 0 Å². The number of ketones is 1. The molecule has 0 bridgehead atoms. The highest BCUT2D eigenvalue weighted by atomic mass is 32.2. The third kappa shape index (κ3) is 2.37. The average Bonchev–Trinajstić information content (AvgIpc) is 3.16. The van der Waals surface area contributed by atoms with Crippen molar-refractivity contribution in [2.75, 3.05) is 14.2 Å². The van der Waals surface area contributed by atoms with Crippen LogP contribution in [0.15, 0.2) is 52.4 Å². The fourth-order valence-electron chi connectivity index (χ4n) is 2.80. The lowest BCUT2D eigenvalue weighted by atomic mass is 10.1. The van der Waals surface area contributed by atoms with Crippen LogP contribution in [-0.4, -0.2) is 25.0 Å². The second-order valence-electron chi connectivity index (χ2n) is 5.46. The molecule has 1 N–H and O–H groups in total. The van der Waals surface area contributed by atoms with E-state index in [4.69, 9.17) is 9.47 Å². The number of ether oxygens (including phenoxy) is 2. The van der Waals surface area contributed by atoms with Gasteiger partial charge < -0.3 is 14.5 Å². The summed E-state index contributed by atoms with van der Waals surface area (Å²) in [6, 6.07) is 11.4. The summed E-state index contributed by atoms with van der Waals surface area (Å²) in [5, 5.41) is 1.03. The Labute approximate surface area is 143 Å². The molecule has 1 aliphatic heterocycles. The van der Waals surface area contributed by atoms with Crippen molar-refractivity contribution in [3.63, 3.8) is 0 Å². The van der Waals surface area contributed by atoms with E-state index >= 15 is 0 Å². The van der Waals surface area contributed by atoms with Gasteiger partial charge in [-0.1, -0.05) is 11.8 Å². The molecule has 120 valence electrons. The quantitative estimate of drug-likeness (QED) is 0.714. The van der Waals surface area contributed by atoms with Crippen LogP contribution in [0, 0.1) is 0 Å². The molecule has 0 saturated heterocycles. The molecule has 1 aromatic heterocycles. The van der Waals surface area contributed by atoms with Gasteiger partial charge in [0.05, 0.1) is 19.1 Å². The second-order valence-corrected chi connectivity index (χ2v) is 6.54. The predicted octanol–water partition coefficient (Wildman–Crippen LogP) is 4.51. The van der Waals surface area contributed by atoms with E-state index in [1.165, 1.54) is 11.8 Å². The maximum Gasteiger partial charge on any atom is 0.200 e. The molecule has 0 saturated carbocycles. The van der Waals surface area contributed by atoms with Crippen LogP contribution in [-0.2, 0) is 0 Å². The first-order chi connectivity index (χ1) is 11.7. The summed E-state index contributed by atoms with van der Waals surface area (Å²) in [6.45, 7) is 0. The molecule has 0 radical (unpaired) electrons. The van der Waals surface area contributed by atoms with Gasteiger partial charge in [-0.05, 0) is 42.5 Å². The fourth-order valence-corrected chi connectivity index (χ4v) is 3.87.